The lowest BCUT2D eigenvalue weighted by Gasteiger charge is -2.09. The van der Waals surface area contributed by atoms with E-state index in [1.165, 1.54) is 12.1 Å². The molecule has 0 saturated carbocycles. The van der Waals surface area contributed by atoms with Crippen LogP contribution in [0.1, 0.15) is 24.5 Å². The lowest BCUT2D eigenvalue weighted by atomic mass is 10.0. The highest BCUT2D eigenvalue weighted by atomic mass is 32.2. The van der Waals surface area contributed by atoms with Gasteiger partial charge in [0, 0.05) is 6.42 Å². The summed E-state index contributed by atoms with van der Waals surface area (Å²) in [4.78, 5) is 16.4. The molecule has 0 spiro atoms. The number of halogens is 2. The first-order valence-corrected chi connectivity index (χ1v) is 9.53. The van der Waals surface area contributed by atoms with Gasteiger partial charge in [0.05, 0.1) is 16.2 Å². The van der Waals surface area contributed by atoms with Gasteiger partial charge >= 0.3 is 0 Å². The van der Waals surface area contributed by atoms with Crippen LogP contribution in [0.4, 0.5) is 8.78 Å². The van der Waals surface area contributed by atoms with Crippen molar-refractivity contribution in [2.24, 2.45) is 4.99 Å². The van der Waals surface area contributed by atoms with Gasteiger partial charge in [0.1, 0.15) is 17.3 Å². The van der Waals surface area contributed by atoms with Crippen LogP contribution in [0, 0.1) is 18.6 Å². The Bertz CT molecular complexity index is 1090. The molecule has 0 atom stereocenters. The van der Waals surface area contributed by atoms with E-state index in [0.717, 1.165) is 12.1 Å². The van der Waals surface area contributed by atoms with Crippen molar-refractivity contribution in [1.29, 1.82) is 0 Å². The third kappa shape index (κ3) is 3.66. The molecule has 2 aromatic carbocycles. The third-order valence-electron chi connectivity index (χ3n) is 4.16. The summed E-state index contributed by atoms with van der Waals surface area (Å²) in [7, 11) is -4.10. The van der Waals surface area contributed by atoms with Gasteiger partial charge in [-0.3, -0.25) is 4.79 Å². The SMILES string of the molecule is CC1=C(C(=O)NS(=O)(=O)c2ccccc2C)N=C(c2c(F)cccc2F)C1. The fraction of sp³-hybridized carbons (Fsp3) is 0.158. The second kappa shape index (κ2) is 7.03. The van der Waals surface area contributed by atoms with Crippen LogP contribution in [0.5, 0.6) is 0 Å². The lowest BCUT2D eigenvalue weighted by molar-refractivity contribution is -0.115. The van der Waals surface area contributed by atoms with Crippen molar-refractivity contribution in [1.82, 2.24) is 4.72 Å². The Morgan fingerprint density at radius 2 is 1.67 bits per heavy atom. The minimum atomic E-state index is -4.10. The Labute approximate surface area is 155 Å². The van der Waals surface area contributed by atoms with E-state index in [1.807, 2.05) is 4.72 Å². The van der Waals surface area contributed by atoms with Gasteiger partial charge in [0.15, 0.2) is 0 Å². The first-order valence-electron chi connectivity index (χ1n) is 8.05. The maximum atomic E-state index is 14.0. The molecule has 27 heavy (non-hydrogen) atoms. The van der Waals surface area contributed by atoms with Gasteiger partial charge in [-0.15, -0.1) is 0 Å². The van der Waals surface area contributed by atoms with Crippen LogP contribution in [-0.4, -0.2) is 20.0 Å². The molecule has 3 rings (SSSR count). The number of nitrogens with one attached hydrogen (secondary N) is 1. The molecular weight excluding hydrogens is 374 g/mol. The number of aryl methyl sites for hydroxylation is 1. The zero-order chi connectivity index (χ0) is 19.8. The minimum absolute atomic E-state index is 0.0287. The van der Waals surface area contributed by atoms with Crippen LogP contribution >= 0.6 is 0 Å². The van der Waals surface area contributed by atoms with Gasteiger partial charge < -0.3 is 0 Å². The molecule has 0 radical (unpaired) electrons. The van der Waals surface area contributed by atoms with Crippen molar-refractivity contribution in [2.75, 3.05) is 0 Å². The first-order chi connectivity index (χ1) is 12.7. The zero-order valence-corrected chi connectivity index (χ0v) is 15.4. The third-order valence-corrected chi connectivity index (χ3v) is 5.65. The highest BCUT2D eigenvalue weighted by Gasteiger charge is 2.28. The lowest BCUT2D eigenvalue weighted by Crippen LogP contribution is -2.31. The van der Waals surface area contributed by atoms with Crippen LogP contribution in [0.2, 0.25) is 0 Å². The second-order valence-electron chi connectivity index (χ2n) is 6.16. The van der Waals surface area contributed by atoms with Gasteiger partial charge in [0.2, 0.25) is 0 Å². The summed E-state index contributed by atoms with van der Waals surface area (Å²) in [5.74, 6) is -2.53. The summed E-state index contributed by atoms with van der Waals surface area (Å²) in [6.45, 7) is 3.17. The molecule has 1 heterocycles. The Balaban J connectivity index is 1.90. The average Bonchev–Trinajstić information content (AvgIpc) is 2.96. The number of benzene rings is 2. The molecule has 1 N–H and O–H groups in total. The number of carbonyl (C=O) groups excluding carboxylic acids is 1. The van der Waals surface area contributed by atoms with Crippen LogP contribution < -0.4 is 4.72 Å². The largest absolute Gasteiger partial charge is 0.283 e. The first kappa shape index (κ1) is 18.9. The molecule has 0 aliphatic carbocycles. The van der Waals surface area contributed by atoms with Crippen molar-refractivity contribution in [3.63, 3.8) is 0 Å². The minimum Gasteiger partial charge on any atom is -0.266 e. The Kier molecular flexibility index (Phi) is 4.93. The monoisotopic (exact) mass is 390 g/mol. The number of aliphatic imine (C=N–C) groups is 1. The number of sulfonamides is 1. The maximum Gasteiger partial charge on any atom is 0.283 e. The maximum absolute atomic E-state index is 14.0. The van der Waals surface area contributed by atoms with E-state index >= 15 is 0 Å². The summed E-state index contributed by atoms with van der Waals surface area (Å²) < 4.78 is 54.8. The number of nitrogens with zero attached hydrogens (tertiary/aromatic N) is 1. The highest BCUT2D eigenvalue weighted by molar-refractivity contribution is 7.90. The normalized spacial score (nSPS) is 14.3. The smallest absolute Gasteiger partial charge is 0.266 e. The van der Waals surface area contributed by atoms with E-state index in [0.29, 0.717) is 11.1 Å². The van der Waals surface area contributed by atoms with Gasteiger partial charge in [0.25, 0.3) is 15.9 Å². The predicted octanol–water partition coefficient (Wildman–Crippen LogP) is 3.25. The predicted molar refractivity (Wildman–Crippen MR) is 96.7 cm³/mol. The van der Waals surface area contributed by atoms with Crippen LogP contribution in [0.15, 0.2) is 63.6 Å². The van der Waals surface area contributed by atoms with Crippen LogP contribution in [-0.2, 0) is 14.8 Å². The standard InChI is InChI=1S/C19H16F2N2O3S/c1-11-6-3-4-9-16(11)27(25,26)23-19(24)18-12(2)10-15(22-18)17-13(20)7-5-8-14(17)21/h3-9H,10H2,1-2H3,(H,23,24). The summed E-state index contributed by atoms with van der Waals surface area (Å²) >= 11 is 0. The number of amides is 1. The van der Waals surface area contributed by atoms with Gasteiger partial charge in [-0.25, -0.2) is 26.9 Å². The molecule has 1 aliphatic heterocycles. The summed E-state index contributed by atoms with van der Waals surface area (Å²) in [5.41, 5.74) is 0.463. The van der Waals surface area contributed by atoms with E-state index in [9.17, 15) is 22.0 Å². The second-order valence-corrected chi connectivity index (χ2v) is 7.81. The van der Waals surface area contributed by atoms with Crippen molar-refractivity contribution < 1.29 is 22.0 Å². The molecular formula is C19H16F2N2O3S. The Morgan fingerprint density at radius 1 is 1.04 bits per heavy atom. The molecule has 1 amide bonds. The molecule has 8 heteroatoms. The van der Waals surface area contributed by atoms with Gasteiger partial charge in [-0.2, -0.15) is 0 Å². The Hall–Kier alpha value is -2.87. The van der Waals surface area contributed by atoms with Crippen molar-refractivity contribution in [3.05, 3.63) is 76.5 Å². The number of carbonyl (C=O) groups is 1. The van der Waals surface area contributed by atoms with E-state index in [-0.39, 0.29) is 28.3 Å². The topological polar surface area (TPSA) is 75.6 Å². The molecule has 2 aromatic rings. The fourth-order valence-electron chi connectivity index (χ4n) is 2.85. The molecule has 0 fully saturated rings. The summed E-state index contributed by atoms with van der Waals surface area (Å²) in [6.07, 6.45) is 0.0466. The Morgan fingerprint density at radius 3 is 2.30 bits per heavy atom. The van der Waals surface area contributed by atoms with Crippen molar-refractivity contribution in [2.45, 2.75) is 25.2 Å². The number of allylic oxidation sites excluding steroid dienone is 1. The number of rotatable bonds is 4. The molecule has 0 saturated heterocycles. The number of hydrogen-bond acceptors (Lipinski definition) is 4. The van der Waals surface area contributed by atoms with Crippen LogP contribution in [0.25, 0.3) is 0 Å². The molecule has 5 nitrogen and oxygen atoms in total. The van der Waals surface area contributed by atoms with Crippen molar-refractivity contribution >= 4 is 21.6 Å². The number of hydrogen-bond donors (Lipinski definition) is 1. The molecule has 140 valence electrons. The van der Waals surface area contributed by atoms with E-state index in [1.54, 1.807) is 32.0 Å². The van der Waals surface area contributed by atoms with Crippen LogP contribution in [0.3, 0.4) is 0 Å². The zero-order valence-electron chi connectivity index (χ0n) is 14.6. The molecule has 0 unspecified atom stereocenters. The highest BCUT2D eigenvalue weighted by Crippen LogP contribution is 2.26. The molecule has 0 bridgehead atoms. The van der Waals surface area contributed by atoms with Gasteiger partial charge in [-0.05, 0) is 43.2 Å². The van der Waals surface area contributed by atoms with Gasteiger partial charge in [-0.1, -0.05) is 24.3 Å². The summed E-state index contributed by atoms with van der Waals surface area (Å²) in [5, 5.41) is 0. The van der Waals surface area contributed by atoms with E-state index in [4.69, 9.17) is 0 Å². The quantitative estimate of drug-likeness (QED) is 0.871. The van der Waals surface area contributed by atoms with E-state index in [2.05, 4.69) is 4.99 Å². The van der Waals surface area contributed by atoms with Crippen molar-refractivity contribution in [3.8, 4) is 0 Å². The molecule has 1 aliphatic rings. The fourth-order valence-corrected chi connectivity index (χ4v) is 4.05. The van der Waals surface area contributed by atoms with E-state index < -0.39 is 27.6 Å². The molecule has 0 aromatic heterocycles. The summed E-state index contributed by atoms with van der Waals surface area (Å²) in [6, 6.07) is 9.63. The average molecular weight is 390 g/mol.